The van der Waals surface area contributed by atoms with Gasteiger partial charge >= 0.3 is 0 Å². The van der Waals surface area contributed by atoms with E-state index in [0.717, 1.165) is 11.3 Å². The molecule has 3 aromatic rings. The Morgan fingerprint density at radius 3 is 2.77 bits per heavy atom. The number of pyridine rings is 1. The van der Waals surface area contributed by atoms with Crippen molar-refractivity contribution >= 4 is 38.8 Å². The topological polar surface area (TPSA) is 121 Å². The molecule has 30 heavy (non-hydrogen) atoms. The summed E-state index contributed by atoms with van der Waals surface area (Å²) in [5.41, 5.74) is 1.06. The van der Waals surface area contributed by atoms with Gasteiger partial charge in [0, 0.05) is 59.2 Å². The first-order valence-electron chi connectivity index (χ1n) is 9.33. The second-order valence-corrected chi connectivity index (χ2v) is 10.4. The number of aliphatic hydroxyl groups is 1. The lowest BCUT2D eigenvalue weighted by atomic mass is 9.87. The third-order valence-electron chi connectivity index (χ3n) is 4.80. The van der Waals surface area contributed by atoms with Gasteiger partial charge < -0.3 is 15.3 Å². The molecule has 0 unspecified atom stereocenters. The predicted octanol–water partition coefficient (Wildman–Crippen LogP) is 2.11. The quantitative estimate of drug-likeness (QED) is 0.634. The van der Waals surface area contributed by atoms with Crippen molar-refractivity contribution in [2.45, 2.75) is 12.3 Å². The highest BCUT2D eigenvalue weighted by Gasteiger charge is 2.41. The zero-order valence-electron chi connectivity index (χ0n) is 17.3. The van der Waals surface area contributed by atoms with Crippen LogP contribution in [0.2, 0.25) is 0 Å². The number of anilines is 4. The fourth-order valence-corrected chi connectivity index (χ4v) is 3.90. The molecule has 0 radical (unpaired) electrons. The maximum atomic E-state index is 12.1. The molecule has 0 bridgehead atoms. The number of hydrogen-bond acceptors (Lipinski definition) is 9. The van der Waals surface area contributed by atoms with Gasteiger partial charge in [0.05, 0.1) is 18.5 Å². The summed E-state index contributed by atoms with van der Waals surface area (Å²) in [6, 6.07) is 5.37. The minimum absolute atomic E-state index is 0.0585. The summed E-state index contributed by atoms with van der Waals surface area (Å²) in [6.45, 7) is 2.38. The van der Waals surface area contributed by atoms with Gasteiger partial charge in [-0.05, 0) is 12.1 Å². The maximum absolute atomic E-state index is 12.1. The number of aromatic nitrogens is 5. The Balaban J connectivity index is 1.76. The van der Waals surface area contributed by atoms with Crippen LogP contribution in [-0.2, 0) is 22.2 Å². The van der Waals surface area contributed by atoms with Crippen molar-refractivity contribution in [3.05, 3.63) is 42.4 Å². The van der Waals surface area contributed by atoms with Crippen LogP contribution in [0.15, 0.2) is 41.2 Å². The highest BCUT2D eigenvalue weighted by Crippen LogP contribution is 2.43. The fraction of sp³-hybridized carbons (Fsp3) is 0.368. The maximum Gasteiger partial charge on any atom is 0.229 e. The number of hydrogen-bond donors (Lipinski definition) is 2. The molecule has 0 aromatic carbocycles. The van der Waals surface area contributed by atoms with Crippen molar-refractivity contribution in [3.8, 4) is 0 Å². The molecule has 158 valence electrons. The molecule has 0 fully saturated rings. The van der Waals surface area contributed by atoms with Crippen molar-refractivity contribution < 1.29 is 9.32 Å². The largest absolute Gasteiger partial charge is 0.395 e. The van der Waals surface area contributed by atoms with E-state index in [1.807, 2.05) is 37.2 Å². The Hall–Kier alpha value is -3.05. The smallest absolute Gasteiger partial charge is 0.229 e. The lowest BCUT2D eigenvalue weighted by Gasteiger charge is -2.23. The van der Waals surface area contributed by atoms with Crippen LogP contribution in [0.1, 0.15) is 12.5 Å². The van der Waals surface area contributed by atoms with E-state index in [0.29, 0.717) is 29.9 Å². The van der Waals surface area contributed by atoms with Crippen LogP contribution in [0.4, 0.5) is 29.1 Å². The van der Waals surface area contributed by atoms with Crippen molar-refractivity contribution in [2.75, 3.05) is 35.9 Å². The molecule has 0 saturated carbocycles. The van der Waals surface area contributed by atoms with Gasteiger partial charge in [0.2, 0.25) is 5.95 Å². The van der Waals surface area contributed by atoms with Gasteiger partial charge in [0.25, 0.3) is 0 Å². The van der Waals surface area contributed by atoms with E-state index in [4.69, 9.17) is 4.98 Å². The standard InChI is InChI=1S/C19H24N8O2S/c1-19(12-28)11-27(16-7-5-6-15(23-16)25-30(3,4)29)17-14(19)9-20-18(24-17)22-13-8-21-26(2)10-13/h5-10,28H,11-12H2,1-4H3,(H,20,22,24)/t19-/m0/s1. The molecule has 0 spiro atoms. The van der Waals surface area contributed by atoms with E-state index in [9.17, 15) is 9.32 Å². The van der Waals surface area contributed by atoms with Crippen molar-refractivity contribution in [1.82, 2.24) is 24.7 Å². The molecule has 1 aliphatic heterocycles. The van der Waals surface area contributed by atoms with Crippen LogP contribution >= 0.6 is 0 Å². The number of nitrogens with zero attached hydrogens (tertiary/aromatic N) is 7. The first kappa shape index (κ1) is 20.2. The number of nitrogens with one attached hydrogen (secondary N) is 1. The molecule has 2 N–H and O–H groups in total. The SMILES string of the molecule is Cn1cc(Nc2ncc3c(n2)N(c2cccc(N=S(C)(C)=O)n2)C[C@@]3(C)CO)cn1. The summed E-state index contributed by atoms with van der Waals surface area (Å²) in [7, 11) is -0.503. The van der Waals surface area contributed by atoms with Crippen LogP contribution in [-0.4, -0.2) is 59.7 Å². The summed E-state index contributed by atoms with van der Waals surface area (Å²) in [4.78, 5) is 15.6. The van der Waals surface area contributed by atoms with E-state index >= 15 is 0 Å². The molecule has 4 heterocycles. The normalized spacial score (nSPS) is 18.4. The van der Waals surface area contributed by atoms with Crippen molar-refractivity contribution in [2.24, 2.45) is 11.4 Å². The lowest BCUT2D eigenvalue weighted by Crippen LogP contribution is -2.32. The molecule has 10 nitrogen and oxygen atoms in total. The lowest BCUT2D eigenvalue weighted by molar-refractivity contribution is 0.216. The Labute approximate surface area is 175 Å². The average Bonchev–Trinajstić information content (AvgIpc) is 3.22. The molecular weight excluding hydrogens is 404 g/mol. The van der Waals surface area contributed by atoms with Crippen LogP contribution in [0.3, 0.4) is 0 Å². The minimum Gasteiger partial charge on any atom is -0.395 e. The Morgan fingerprint density at radius 2 is 2.10 bits per heavy atom. The Kier molecular flexibility index (Phi) is 4.94. The summed E-state index contributed by atoms with van der Waals surface area (Å²) < 4.78 is 17.9. The van der Waals surface area contributed by atoms with Gasteiger partial charge in [-0.15, -0.1) is 0 Å². The van der Waals surface area contributed by atoms with Gasteiger partial charge in [-0.2, -0.15) is 14.4 Å². The summed E-state index contributed by atoms with van der Waals surface area (Å²) >= 11 is 0. The molecule has 0 saturated heterocycles. The highest BCUT2D eigenvalue weighted by atomic mass is 32.2. The number of aryl methyl sites for hydroxylation is 1. The first-order chi connectivity index (χ1) is 14.2. The predicted molar refractivity (Wildman–Crippen MR) is 116 cm³/mol. The molecule has 1 aliphatic rings. The Bertz CT molecular complexity index is 1210. The molecule has 0 amide bonds. The third kappa shape index (κ3) is 3.98. The third-order valence-corrected chi connectivity index (χ3v) is 5.43. The molecule has 3 aromatic heterocycles. The molecule has 4 rings (SSSR count). The number of fused-ring (bicyclic) bond motifs is 1. The van der Waals surface area contributed by atoms with E-state index in [1.165, 1.54) is 0 Å². The van der Waals surface area contributed by atoms with E-state index < -0.39 is 15.1 Å². The molecular formula is C19H24N8O2S. The van der Waals surface area contributed by atoms with Gasteiger partial charge in [-0.1, -0.05) is 13.0 Å². The van der Waals surface area contributed by atoms with Crippen molar-refractivity contribution in [3.63, 3.8) is 0 Å². The zero-order valence-corrected chi connectivity index (χ0v) is 18.1. The molecule has 11 heteroatoms. The van der Waals surface area contributed by atoms with Crippen LogP contribution < -0.4 is 10.2 Å². The highest BCUT2D eigenvalue weighted by molar-refractivity contribution is 7.92. The zero-order chi connectivity index (χ0) is 21.5. The van der Waals surface area contributed by atoms with Gasteiger partial charge in [-0.3, -0.25) is 4.68 Å². The van der Waals surface area contributed by atoms with E-state index in [-0.39, 0.29) is 6.61 Å². The van der Waals surface area contributed by atoms with E-state index in [1.54, 1.807) is 35.7 Å². The summed E-state index contributed by atoms with van der Waals surface area (Å²) in [5, 5.41) is 17.3. The number of rotatable bonds is 5. The van der Waals surface area contributed by atoms with Gasteiger partial charge in [-0.25, -0.2) is 14.2 Å². The fourth-order valence-electron chi connectivity index (χ4n) is 3.35. The first-order valence-corrected chi connectivity index (χ1v) is 11.7. The summed E-state index contributed by atoms with van der Waals surface area (Å²) in [5.74, 6) is 2.08. The van der Waals surface area contributed by atoms with Crippen molar-refractivity contribution in [1.29, 1.82) is 0 Å². The van der Waals surface area contributed by atoms with Gasteiger partial charge in [0.1, 0.15) is 11.6 Å². The summed E-state index contributed by atoms with van der Waals surface area (Å²) in [6.07, 6.45) is 8.38. The van der Waals surface area contributed by atoms with E-state index in [2.05, 4.69) is 24.7 Å². The second-order valence-electron chi connectivity index (χ2n) is 7.89. The average molecular weight is 429 g/mol. The van der Waals surface area contributed by atoms with Gasteiger partial charge in [0.15, 0.2) is 5.82 Å². The van der Waals surface area contributed by atoms with Crippen LogP contribution in [0.5, 0.6) is 0 Å². The Morgan fingerprint density at radius 1 is 1.30 bits per heavy atom. The molecule has 1 atom stereocenters. The second kappa shape index (κ2) is 7.33. The van der Waals surface area contributed by atoms with Crippen LogP contribution in [0.25, 0.3) is 0 Å². The minimum atomic E-state index is -2.33. The number of aliphatic hydroxyl groups excluding tert-OH is 1. The molecule has 0 aliphatic carbocycles. The monoisotopic (exact) mass is 428 g/mol. The van der Waals surface area contributed by atoms with Crippen LogP contribution in [0, 0.1) is 0 Å².